The van der Waals surface area contributed by atoms with E-state index in [0.717, 1.165) is 12.8 Å². The maximum absolute atomic E-state index is 13.2. The van der Waals surface area contributed by atoms with Crippen molar-refractivity contribution in [3.63, 3.8) is 0 Å². The Balaban J connectivity index is 1.16. The summed E-state index contributed by atoms with van der Waals surface area (Å²) < 4.78 is 18.4. The lowest BCUT2D eigenvalue weighted by atomic mass is 9.43. The predicted molar refractivity (Wildman–Crippen MR) is 144 cm³/mol. The number of carbonyl (C=O) groups is 2. The fraction of sp³-hybridized carbons (Fsp3) is 0.679. The van der Waals surface area contributed by atoms with E-state index in [4.69, 9.17) is 18.9 Å². The smallest absolute Gasteiger partial charge is 0.481 e. The van der Waals surface area contributed by atoms with Gasteiger partial charge in [0.2, 0.25) is 6.10 Å². The number of benzene rings is 1. The monoisotopic (exact) mass is 525 g/mol. The highest BCUT2D eigenvalue weighted by molar-refractivity contribution is 6.48. The van der Waals surface area contributed by atoms with Crippen molar-refractivity contribution in [2.24, 2.45) is 28.3 Å². The molecule has 3 saturated carbocycles. The summed E-state index contributed by atoms with van der Waals surface area (Å²) >= 11 is 0. The predicted octanol–water partition coefficient (Wildman–Crippen LogP) is 3.37. The van der Waals surface area contributed by atoms with Gasteiger partial charge in [0.15, 0.2) is 0 Å². The molecule has 2 bridgehead atoms. The first kappa shape index (κ1) is 27.0. The Morgan fingerprint density at radius 3 is 2.68 bits per heavy atom. The summed E-state index contributed by atoms with van der Waals surface area (Å²) in [5, 5.41) is 10.0. The van der Waals surface area contributed by atoms with Crippen molar-refractivity contribution in [1.82, 2.24) is 10.6 Å². The Bertz CT molecular complexity index is 1110. The van der Waals surface area contributed by atoms with Crippen LogP contribution in [-0.4, -0.2) is 62.0 Å². The highest BCUT2D eigenvalue weighted by atomic mass is 16.7. The standard InChI is InChI=1S/C28H40BN3O6/c1-16(2)11-24(29-36-23-13-17-12-22(27(17,3)4)28(23,5)38-29)31-26(34)21-14-18(32-37-21)15-30-25(33)19-9-7-8-10-20(19)35-6/h7-10,16-17,21-24H,11-15H2,1-6H3,(H,30,33)(H,31,34)/t17-,21?,22-,23+,24-,28-/m0/s1. The van der Waals surface area contributed by atoms with Gasteiger partial charge in [0.05, 0.1) is 42.6 Å². The molecule has 0 radical (unpaired) electrons. The van der Waals surface area contributed by atoms with E-state index in [1.165, 1.54) is 13.5 Å². The zero-order chi connectivity index (χ0) is 27.2. The average Bonchev–Trinajstić information content (AvgIpc) is 3.50. The largest absolute Gasteiger partial charge is 0.496 e. The molecule has 5 aliphatic rings. The van der Waals surface area contributed by atoms with Crippen LogP contribution in [0.2, 0.25) is 0 Å². The quantitative estimate of drug-likeness (QED) is 0.479. The summed E-state index contributed by atoms with van der Waals surface area (Å²) in [7, 11) is 1.03. The lowest BCUT2D eigenvalue weighted by molar-refractivity contribution is -0.199. The first-order valence-corrected chi connectivity index (χ1v) is 13.8. The number of methoxy groups -OCH3 is 1. The van der Waals surface area contributed by atoms with Crippen LogP contribution in [0.5, 0.6) is 5.75 Å². The zero-order valence-electron chi connectivity index (χ0n) is 23.3. The molecular weight excluding hydrogens is 485 g/mol. The van der Waals surface area contributed by atoms with Gasteiger partial charge in [-0.05, 0) is 61.5 Å². The second kappa shape index (κ2) is 10.2. The van der Waals surface area contributed by atoms with E-state index >= 15 is 0 Å². The highest BCUT2D eigenvalue weighted by Gasteiger charge is 2.68. The number of amides is 2. The Morgan fingerprint density at radius 1 is 1.21 bits per heavy atom. The maximum Gasteiger partial charge on any atom is 0.481 e. The average molecular weight is 525 g/mol. The van der Waals surface area contributed by atoms with Crippen LogP contribution in [0.4, 0.5) is 0 Å². The zero-order valence-corrected chi connectivity index (χ0v) is 23.3. The number of hydrogen-bond donors (Lipinski definition) is 2. The summed E-state index contributed by atoms with van der Waals surface area (Å²) in [6.07, 6.45) is 2.51. The van der Waals surface area contributed by atoms with Gasteiger partial charge in [-0.3, -0.25) is 9.59 Å². The van der Waals surface area contributed by atoms with Crippen LogP contribution in [-0.2, 0) is 18.9 Å². The molecule has 2 amide bonds. The number of nitrogens with one attached hydrogen (secondary N) is 2. The minimum atomic E-state index is -0.756. The number of carbonyl (C=O) groups excluding carboxylic acids is 2. The van der Waals surface area contributed by atoms with Crippen molar-refractivity contribution in [3.05, 3.63) is 29.8 Å². The van der Waals surface area contributed by atoms with E-state index in [-0.39, 0.29) is 41.4 Å². The van der Waals surface area contributed by atoms with Crippen molar-refractivity contribution in [1.29, 1.82) is 0 Å². The molecule has 1 saturated heterocycles. The number of hydrogen-bond acceptors (Lipinski definition) is 7. The van der Waals surface area contributed by atoms with Crippen molar-refractivity contribution >= 4 is 24.6 Å². The molecule has 1 unspecified atom stereocenters. The van der Waals surface area contributed by atoms with Crippen LogP contribution in [0.25, 0.3) is 0 Å². The molecule has 9 nitrogen and oxygen atoms in total. The Kier molecular flexibility index (Phi) is 7.24. The molecular formula is C28H40BN3O6. The molecule has 206 valence electrons. The molecule has 6 rings (SSSR count). The lowest BCUT2D eigenvalue weighted by Crippen LogP contribution is -2.65. The van der Waals surface area contributed by atoms with E-state index in [1.54, 1.807) is 24.3 Å². The molecule has 1 aromatic carbocycles. The molecule has 1 aromatic rings. The lowest BCUT2D eigenvalue weighted by Gasteiger charge is -2.64. The topological polar surface area (TPSA) is 107 Å². The van der Waals surface area contributed by atoms with Gasteiger partial charge in [0.1, 0.15) is 5.75 Å². The van der Waals surface area contributed by atoms with Gasteiger partial charge in [0.25, 0.3) is 11.8 Å². The Hall–Kier alpha value is -2.59. The Labute approximate surface area is 225 Å². The second-order valence-corrected chi connectivity index (χ2v) is 12.4. The van der Waals surface area contributed by atoms with Crippen LogP contribution in [0.1, 0.15) is 70.7 Å². The van der Waals surface area contributed by atoms with E-state index in [9.17, 15) is 9.59 Å². The third kappa shape index (κ3) is 4.81. The molecule has 0 aromatic heterocycles. The fourth-order valence-electron chi connectivity index (χ4n) is 6.87. The number of oxime groups is 1. The highest BCUT2D eigenvalue weighted by Crippen LogP contribution is 2.65. The summed E-state index contributed by atoms with van der Waals surface area (Å²) in [6.45, 7) is 11.3. The van der Waals surface area contributed by atoms with Gasteiger partial charge in [-0.25, -0.2) is 0 Å². The molecule has 2 heterocycles. The van der Waals surface area contributed by atoms with E-state index in [2.05, 4.69) is 50.4 Å². The summed E-state index contributed by atoms with van der Waals surface area (Å²) in [4.78, 5) is 31.3. The van der Waals surface area contributed by atoms with Crippen molar-refractivity contribution in [2.45, 2.75) is 84.1 Å². The molecule has 4 fully saturated rings. The number of nitrogens with zero attached hydrogens (tertiary/aromatic N) is 1. The van der Waals surface area contributed by atoms with Crippen LogP contribution < -0.4 is 15.4 Å². The van der Waals surface area contributed by atoms with Gasteiger partial charge in [-0.15, -0.1) is 0 Å². The van der Waals surface area contributed by atoms with Crippen molar-refractivity contribution in [2.75, 3.05) is 13.7 Å². The maximum atomic E-state index is 13.2. The SMILES string of the molecule is COc1ccccc1C(=O)NCC1=NOC(C(=O)N[C@@H](CC(C)C)B2O[C@@H]3C[C@@H]4C[C@@H](C4(C)C)[C@]3(C)O2)C1. The van der Waals surface area contributed by atoms with Gasteiger partial charge in [0, 0.05) is 6.42 Å². The van der Waals surface area contributed by atoms with Gasteiger partial charge >= 0.3 is 7.12 Å². The van der Waals surface area contributed by atoms with Crippen molar-refractivity contribution in [3.8, 4) is 5.75 Å². The Morgan fingerprint density at radius 2 is 1.97 bits per heavy atom. The molecule has 2 N–H and O–H groups in total. The van der Waals surface area contributed by atoms with Crippen LogP contribution in [0.3, 0.4) is 0 Å². The fourth-order valence-corrected chi connectivity index (χ4v) is 6.87. The minimum Gasteiger partial charge on any atom is -0.496 e. The summed E-state index contributed by atoms with van der Waals surface area (Å²) in [6, 6.07) is 7.01. The molecule has 38 heavy (non-hydrogen) atoms. The number of rotatable bonds is 9. The van der Waals surface area contributed by atoms with Gasteiger partial charge in [-0.2, -0.15) is 0 Å². The minimum absolute atomic E-state index is 0.0559. The van der Waals surface area contributed by atoms with Crippen LogP contribution in [0.15, 0.2) is 29.4 Å². The van der Waals surface area contributed by atoms with Crippen LogP contribution >= 0.6 is 0 Å². The van der Waals surface area contributed by atoms with Crippen LogP contribution in [0, 0.1) is 23.2 Å². The second-order valence-electron chi connectivity index (χ2n) is 12.4. The first-order valence-electron chi connectivity index (χ1n) is 13.8. The van der Waals surface area contributed by atoms with Gasteiger partial charge < -0.3 is 29.5 Å². The first-order chi connectivity index (χ1) is 18.0. The molecule has 2 aliphatic heterocycles. The molecule has 3 aliphatic carbocycles. The van der Waals surface area contributed by atoms with E-state index in [1.807, 2.05) is 0 Å². The van der Waals surface area contributed by atoms with Gasteiger partial charge in [-0.1, -0.05) is 45.0 Å². The third-order valence-corrected chi connectivity index (χ3v) is 9.18. The summed E-state index contributed by atoms with van der Waals surface area (Å²) in [5.74, 6) is 1.15. The molecule has 6 atom stereocenters. The number of ether oxygens (including phenoxy) is 1. The van der Waals surface area contributed by atoms with E-state index in [0.29, 0.717) is 41.2 Å². The van der Waals surface area contributed by atoms with Crippen molar-refractivity contribution < 1.29 is 28.5 Å². The molecule has 0 spiro atoms. The normalized spacial score (nSPS) is 31.6. The molecule has 10 heteroatoms. The number of para-hydroxylation sites is 1. The van der Waals surface area contributed by atoms with E-state index < -0.39 is 13.2 Å². The summed E-state index contributed by atoms with van der Waals surface area (Å²) in [5.41, 5.74) is 0.963. The third-order valence-electron chi connectivity index (χ3n) is 9.18.